The molecule has 0 aliphatic rings. The molecule has 0 aliphatic carbocycles. The first kappa shape index (κ1) is 23.5. The van der Waals surface area contributed by atoms with Crippen LogP contribution >= 0.6 is 0 Å². The van der Waals surface area contributed by atoms with Crippen LogP contribution in [0.5, 0.6) is 17.2 Å². The second-order valence-corrected chi connectivity index (χ2v) is 7.00. The Bertz CT molecular complexity index is 1100. The molecular formula is C25H25NO7. The molecule has 0 aromatic heterocycles. The zero-order valence-electron chi connectivity index (χ0n) is 18.5. The minimum absolute atomic E-state index is 0.00531. The third-order valence-electron chi connectivity index (χ3n) is 4.96. The smallest absolute Gasteiger partial charge is 0.408 e. The van der Waals surface area contributed by atoms with Crippen LogP contribution in [-0.2, 0) is 16.1 Å². The minimum Gasteiger partial charge on any atom is -0.497 e. The van der Waals surface area contributed by atoms with Gasteiger partial charge in [-0.1, -0.05) is 42.5 Å². The van der Waals surface area contributed by atoms with Crippen LogP contribution in [0.2, 0.25) is 0 Å². The number of rotatable bonds is 9. The molecule has 0 radical (unpaired) electrons. The average Bonchev–Trinajstić information content (AvgIpc) is 2.85. The number of nitrogens with one attached hydrogen (secondary N) is 1. The summed E-state index contributed by atoms with van der Waals surface area (Å²) in [5.41, 5.74) is 2.34. The van der Waals surface area contributed by atoms with Crippen LogP contribution in [0, 0.1) is 0 Å². The van der Waals surface area contributed by atoms with E-state index < -0.39 is 18.1 Å². The molecule has 0 spiro atoms. The van der Waals surface area contributed by atoms with Gasteiger partial charge in [0.2, 0.25) is 0 Å². The lowest BCUT2D eigenvalue weighted by Gasteiger charge is -2.21. The van der Waals surface area contributed by atoms with E-state index in [1.54, 1.807) is 37.4 Å². The molecule has 0 fully saturated rings. The van der Waals surface area contributed by atoms with E-state index in [0.717, 1.165) is 11.1 Å². The lowest BCUT2D eigenvalue weighted by Crippen LogP contribution is -2.34. The molecule has 1 amide bonds. The molecule has 0 saturated carbocycles. The van der Waals surface area contributed by atoms with Crippen LogP contribution in [0.1, 0.15) is 17.2 Å². The van der Waals surface area contributed by atoms with E-state index in [2.05, 4.69) is 5.32 Å². The monoisotopic (exact) mass is 451 g/mol. The van der Waals surface area contributed by atoms with Gasteiger partial charge in [-0.3, -0.25) is 0 Å². The van der Waals surface area contributed by atoms with Gasteiger partial charge >= 0.3 is 12.1 Å². The van der Waals surface area contributed by atoms with Gasteiger partial charge in [-0.25, -0.2) is 9.59 Å². The van der Waals surface area contributed by atoms with Gasteiger partial charge in [0.25, 0.3) is 0 Å². The Morgan fingerprint density at radius 2 is 1.55 bits per heavy atom. The van der Waals surface area contributed by atoms with Crippen molar-refractivity contribution in [2.24, 2.45) is 0 Å². The van der Waals surface area contributed by atoms with Gasteiger partial charge in [-0.2, -0.15) is 0 Å². The van der Waals surface area contributed by atoms with Crippen LogP contribution in [0.4, 0.5) is 4.79 Å². The largest absolute Gasteiger partial charge is 0.497 e. The number of aliphatic carboxylic acids is 1. The van der Waals surface area contributed by atoms with Crippen LogP contribution in [0.3, 0.4) is 0 Å². The molecule has 0 aliphatic heterocycles. The molecule has 8 nitrogen and oxygen atoms in total. The number of alkyl carbamates (subject to hydrolysis) is 1. The van der Waals surface area contributed by atoms with Crippen LogP contribution in [0.15, 0.2) is 66.7 Å². The fourth-order valence-electron chi connectivity index (χ4n) is 3.32. The predicted octanol–water partition coefficient (Wildman–Crippen LogP) is 4.43. The molecule has 2 N–H and O–H groups in total. The summed E-state index contributed by atoms with van der Waals surface area (Å²) in [7, 11) is 4.48. The number of carbonyl (C=O) groups is 2. The van der Waals surface area contributed by atoms with Crippen LogP contribution in [0.25, 0.3) is 11.1 Å². The quantitative estimate of drug-likeness (QED) is 0.496. The minimum atomic E-state index is -1.43. The molecule has 0 unspecified atom stereocenters. The van der Waals surface area contributed by atoms with E-state index in [0.29, 0.717) is 17.1 Å². The summed E-state index contributed by atoms with van der Waals surface area (Å²) in [5, 5.41) is 12.3. The highest BCUT2D eigenvalue weighted by molar-refractivity contribution is 5.85. The zero-order valence-corrected chi connectivity index (χ0v) is 18.5. The van der Waals surface area contributed by atoms with Crippen molar-refractivity contribution >= 4 is 12.1 Å². The maximum atomic E-state index is 12.4. The molecule has 0 saturated heterocycles. The van der Waals surface area contributed by atoms with Crippen molar-refractivity contribution < 1.29 is 33.6 Å². The van der Waals surface area contributed by atoms with Crippen molar-refractivity contribution in [2.75, 3.05) is 21.3 Å². The number of amides is 1. The molecule has 3 aromatic rings. The average molecular weight is 451 g/mol. The Morgan fingerprint density at radius 1 is 0.879 bits per heavy atom. The van der Waals surface area contributed by atoms with Gasteiger partial charge in [-0.05, 0) is 35.4 Å². The normalized spacial score (nSPS) is 11.2. The third-order valence-corrected chi connectivity index (χ3v) is 4.96. The number of carbonyl (C=O) groups excluding carboxylic acids is 1. The van der Waals surface area contributed by atoms with Crippen molar-refractivity contribution in [1.82, 2.24) is 5.32 Å². The number of carboxylic acid groups (broad SMARTS) is 1. The highest BCUT2D eigenvalue weighted by Crippen LogP contribution is 2.40. The summed E-state index contributed by atoms with van der Waals surface area (Å²) in [6, 6.07) is 18.1. The maximum absolute atomic E-state index is 12.4. The Kier molecular flexibility index (Phi) is 7.75. The zero-order chi connectivity index (χ0) is 23.8. The first-order chi connectivity index (χ1) is 16.0. The van der Waals surface area contributed by atoms with E-state index >= 15 is 0 Å². The molecule has 3 rings (SSSR count). The van der Waals surface area contributed by atoms with Gasteiger partial charge in [-0.15, -0.1) is 0 Å². The first-order valence-corrected chi connectivity index (χ1v) is 10.1. The van der Waals surface area contributed by atoms with Gasteiger partial charge < -0.3 is 29.4 Å². The van der Waals surface area contributed by atoms with Crippen molar-refractivity contribution in [2.45, 2.75) is 12.6 Å². The molecule has 8 heteroatoms. The molecule has 33 heavy (non-hydrogen) atoms. The lowest BCUT2D eigenvalue weighted by atomic mass is 9.96. The van der Waals surface area contributed by atoms with E-state index in [-0.39, 0.29) is 17.9 Å². The van der Waals surface area contributed by atoms with E-state index in [1.165, 1.54) is 20.3 Å². The summed E-state index contributed by atoms with van der Waals surface area (Å²) in [6.45, 7) is 0.00531. The number of ether oxygens (including phenoxy) is 4. The summed E-state index contributed by atoms with van der Waals surface area (Å²) in [6.07, 6.45) is -0.873. The molecule has 0 heterocycles. The third kappa shape index (κ3) is 5.74. The highest BCUT2D eigenvalue weighted by Gasteiger charge is 2.29. The van der Waals surface area contributed by atoms with E-state index in [1.807, 2.05) is 30.3 Å². The Balaban J connectivity index is 1.94. The summed E-state index contributed by atoms with van der Waals surface area (Å²) >= 11 is 0. The number of carboxylic acids is 1. The van der Waals surface area contributed by atoms with Crippen molar-refractivity contribution in [3.05, 3.63) is 77.9 Å². The van der Waals surface area contributed by atoms with Crippen LogP contribution < -0.4 is 19.5 Å². The first-order valence-electron chi connectivity index (χ1n) is 10.1. The van der Waals surface area contributed by atoms with E-state index in [9.17, 15) is 14.7 Å². The van der Waals surface area contributed by atoms with Gasteiger partial charge in [0.1, 0.15) is 23.9 Å². The topological polar surface area (TPSA) is 103 Å². The molecular weight excluding hydrogens is 426 g/mol. The van der Waals surface area contributed by atoms with Gasteiger partial charge in [0.15, 0.2) is 6.04 Å². The lowest BCUT2D eigenvalue weighted by molar-refractivity contribution is -0.139. The SMILES string of the molecule is COc1ccc(-c2cc(OC)cc([C@@H](NC(=O)OCc3ccccc3)C(=O)O)c2OC)cc1. The maximum Gasteiger partial charge on any atom is 0.408 e. The molecule has 1 atom stereocenters. The standard InChI is InChI=1S/C25H25NO7/c1-30-18-11-9-17(10-12-18)20-13-19(31-2)14-21(23(20)32-3)22(24(27)28)26-25(29)33-15-16-7-5-4-6-8-16/h4-14,22H,15H2,1-3H3,(H,26,29)(H,27,28)/t22-/m1/s1. The van der Waals surface area contributed by atoms with Crippen molar-refractivity contribution in [3.63, 3.8) is 0 Å². The Labute approximate surface area is 191 Å². The summed E-state index contributed by atoms with van der Waals surface area (Å²) in [5.74, 6) is 0.0880. The number of benzene rings is 3. The number of hydrogen-bond acceptors (Lipinski definition) is 6. The molecule has 3 aromatic carbocycles. The van der Waals surface area contributed by atoms with Crippen molar-refractivity contribution in [3.8, 4) is 28.4 Å². The van der Waals surface area contributed by atoms with Crippen LogP contribution in [-0.4, -0.2) is 38.5 Å². The Hall–Kier alpha value is -4.20. The Morgan fingerprint density at radius 3 is 2.12 bits per heavy atom. The fraction of sp³-hybridized carbons (Fsp3) is 0.200. The van der Waals surface area contributed by atoms with E-state index in [4.69, 9.17) is 18.9 Å². The van der Waals surface area contributed by atoms with Gasteiger partial charge in [0.05, 0.1) is 21.3 Å². The second-order valence-electron chi connectivity index (χ2n) is 7.00. The predicted molar refractivity (Wildman–Crippen MR) is 122 cm³/mol. The highest BCUT2D eigenvalue weighted by atomic mass is 16.5. The summed E-state index contributed by atoms with van der Waals surface area (Å²) < 4.78 is 21.4. The number of hydrogen-bond donors (Lipinski definition) is 2. The molecule has 0 bridgehead atoms. The molecule has 172 valence electrons. The van der Waals surface area contributed by atoms with Gasteiger partial charge in [0, 0.05) is 11.1 Å². The fourth-order valence-corrected chi connectivity index (χ4v) is 3.32. The summed E-state index contributed by atoms with van der Waals surface area (Å²) in [4.78, 5) is 24.5. The number of methoxy groups -OCH3 is 3. The second kappa shape index (κ2) is 10.9. The van der Waals surface area contributed by atoms with Crippen molar-refractivity contribution in [1.29, 1.82) is 0 Å².